The molecule has 0 aromatic heterocycles. The van der Waals surface area contributed by atoms with E-state index in [9.17, 15) is 0 Å². The quantitative estimate of drug-likeness (QED) is 0.440. The van der Waals surface area contributed by atoms with Gasteiger partial charge in [0, 0.05) is 6.42 Å². The molecule has 1 heterocycles. The van der Waals surface area contributed by atoms with Crippen molar-refractivity contribution in [2.45, 2.75) is 76.7 Å². The molecule has 1 atom stereocenters. The number of hydrogen-bond donors (Lipinski definition) is 0. The first-order valence-electron chi connectivity index (χ1n) is 7.98. The molecule has 20 heavy (non-hydrogen) atoms. The zero-order valence-electron chi connectivity index (χ0n) is 13.0. The van der Waals surface area contributed by atoms with E-state index in [1.807, 2.05) is 0 Å². The summed E-state index contributed by atoms with van der Waals surface area (Å²) < 4.78 is 5.91. The molecule has 1 unspecified atom stereocenters. The van der Waals surface area contributed by atoms with Crippen LogP contribution in [0, 0.1) is 0 Å². The highest BCUT2D eigenvalue weighted by Crippen LogP contribution is 2.38. The molecule has 1 aliphatic rings. The Kier molecular flexibility index (Phi) is 5.37. The molecule has 0 spiro atoms. The van der Waals surface area contributed by atoms with E-state index in [2.05, 4.69) is 39.0 Å². The minimum Gasteiger partial charge on any atom is -0.487 e. The van der Waals surface area contributed by atoms with Crippen LogP contribution in [-0.4, -0.2) is 5.60 Å². The highest BCUT2D eigenvalue weighted by Gasteiger charge is 2.30. The lowest BCUT2D eigenvalue weighted by Gasteiger charge is -2.16. The molecule has 2 heteroatoms. The number of alkyl halides is 1. The summed E-state index contributed by atoms with van der Waals surface area (Å²) in [6, 6.07) is 6.46. The number of fused-ring (bicyclic) bond motifs is 1. The van der Waals surface area contributed by atoms with Crippen LogP contribution in [0.5, 0.6) is 5.75 Å². The summed E-state index contributed by atoms with van der Waals surface area (Å²) in [5, 5.41) is 0.144. The molecule has 0 fully saturated rings. The van der Waals surface area contributed by atoms with Crippen molar-refractivity contribution in [2.75, 3.05) is 0 Å². The summed E-state index contributed by atoms with van der Waals surface area (Å²) in [5.41, 5.74) is 2.49. The van der Waals surface area contributed by atoms with Gasteiger partial charge in [0.05, 0.1) is 5.38 Å². The first-order valence-corrected chi connectivity index (χ1v) is 8.41. The molecule has 1 aromatic carbocycles. The van der Waals surface area contributed by atoms with Crippen molar-refractivity contribution in [3.63, 3.8) is 0 Å². The maximum Gasteiger partial charge on any atom is 0.123 e. The van der Waals surface area contributed by atoms with E-state index in [1.54, 1.807) is 0 Å². The third-order valence-electron chi connectivity index (χ3n) is 4.01. The molecule has 1 aliphatic heterocycles. The summed E-state index contributed by atoms with van der Waals surface area (Å²) in [5.74, 6) is 1.03. The Balaban J connectivity index is 1.87. The predicted octanol–water partition coefficient (Wildman–Crippen LogP) is 6.04. The lowest BCUT2D eigenvalue weighted by molar-refractivity contribution is 0.138. The fourth-order valence-electron chi connectivity index (χ4n) is 2.92. The van der Waals surface area contributed by atoms with Crippen LogP contribution in [0.3, 0.4) is 0 Å². The molecule has 112 valence electrons. The number of rotatable bonds is 7. The highest BCUT2D eigenvalue weighted by atomic mass is 35.5. The Labute approximate surface area is 128 Å². The average molecular weight is 295 g/mol. The van der Waals surface area contributed by atoms with Gasteiger partial charge >= 0.3 is 0 Å². The van der Waals surface area contributed by atoms with Gasteiger partial charge in [-0.3, -0.25) is 0 Å². The molecule has 0 aliphatic carbocycles. The van der Waals surface area contributed by atoms with Crippen LogP contribution in [-0.2, 0) is 6.42 Å². The molecule has 0 saturated carbocycles. The van der Waals surface area contributed by atoms with Gasteiger partial charge in [-0.15, -0.1) is 11.6 Å². The molecular weight excluding hydrogens is 268 g/mol. The summed E-state index contributed by atoms with van der Waals surface area (Å²) in [6.45, 7) is 6.52. The maximum absolute atomic E-state index is 6.55. The van der Waals surface area contributed by atoms with Crippen LogP contribution in [0.4, 0.5) is 0 Å². The van der Waals surface area contributed by atoms with Gasteiger partial charge in [-0.25, -0.2) is 0 Å². The zero-order chi connectivity index (χ0) is 14.6. The predicted molar refractivity (Wildman–Crippen MR) is 86.8 cm³/mol. The summed E-state index contributed by atoms with van der Waals surface area (Å²) in [4.78, 5) is 0. The minimum atomic E-state index is -0.0665. The fourth-order valence-corrected chi connectivity index (χ4v) is 3.21. The third-order valence-corrected chi connectivity index (χ3v) is 4.48. The highest BCUT2D eigenvalue weighted by molar-refractivity contribution is 6.20. The maximum atomic E-state index is 6.55. The summed E-state index contributed by atoms with van der Waals surface area (Å²) >= 11 is 6.55. The van der Waals surface area contributed by atoms with Gasteiger partial charge < -0.3 is 4.74 Å². The Morgan fingerprint density at radius 3 is 2.70 bits per heavy atom. The third kappa shape index (κ3) is 4.15. The van der Waals surface area contributed by atoms with Crippen molar-refractivity contribution in [1.82, 2.24) is 0 Å². The van der Waals surface area contributed by atoms with E-state index < -0.39 is 0 Å². The van der Waals surface area contributed by atoms with Crippen molar-refractivity contribution in [1.29, 1.82) is 0 Å². The molecule has 0 amide bonds. The first-order chi connectivity index (χ1) is 9.52. The van der Waals surface area contributed by atoms with Crippen molar-refractivity contribution in [2.24, 2.45) is 0 Å². The van der Waals surface area contributed by atoms with E-state index >= 15 is 0 Å². The van der Waals surface area contributed by atoms with Gasteiger partial charge in [0.15, 0.2) is 0 Å². The number of ether oxygens (including phenoxy) is 1. The standard InChI is InChI=1S/C18H27ClO/c1-4-5-6-7-8-9-16(19)14-10-11-17-15(12-14)13-18(2,3)20-17/h10-12,16H,4-9,13H2,1-3H3. The van der Waals surface area contributed by atoms with Gasteiger partial charge in [-0.05, 0) is 37.5 Å². The second-order valence-electron chi connectivity index (χ2n) is 6.58. The Morgan fingerprint density at radius 2 is 1.95 bits per heavy atom. The number of hydrogen-bond acceptors (Lipinski definition) is 1. The number of benzene rings is 1. The van der Waals surface area contributed by atoms with Crippen molar-refractivity contribution in [3.05, 3.63) is 29.3 Å². The minimum absolute atomic E-state index is 0.0665. The number of halogens is 1. The van der Waals surface area contributed by atoms with E-state index in [4.69, 9.17) is 16.3 Å². The van der Waals surface area contributed by atoms with Crippen molar-refractivity contribution in [3.8, 4) is 5.75 Å². The second-order valence-corrected chi connectivity index (χ2v) is 7.10. The van der Waals surface area contributed by atoms with Crippen LogP contribution >= 0.6 is 11.6 Å². The van der Waals surface area contributed by atoms with Crippen molar-refractivity contribution >= 4 is 11.6 Å². The topological polar surface area (TPSA) is 9.23 Å². The molecule has 1 aromatic rings. The lowest BCUT2D eigenvalue weighted by atomic mass is 9.98. The average Bonchev–Trinajstić information content (AvgIpc) is 2.70. The SMILES string of the molecule is CCCCCCCC(Cl)c1ccc2c(c1)CC(C)(C)O2. The Morgan fingerprint density at radius 1 is 1.20 bits per heavy atom. The fraction of sp³-hybridized carbons (Fsp3) is 0.667. The van der Waals surface area contributed by atoms with Gasteiger partial charge in [-0.1, -0.05) is 51.2 Å². The van der Waals surface area contributed by atoms with E-state index in [-0.39, 0.29) is 11.0 Å². The molecule has 0 bridgehead atoms. The molecule has 0 radical (unpaired) electrons. The van der Waals surface area contributed by atoms with Gasteiger partial charge in [0.25, 0.3) is 0 Å². The van der Waals surface area contributed by atoms with Crippen LogP contribution in [0.1, 0.15) is 75.8 Å². The molecule has 2 rings (SSSR count). The molecule has 0 N–H and O–H groups in total. The smallest absolute Gasteiger partial charge is 0.123 e. The zero-order valence-corrected chi connectivity index (χ0v) is 13.8. The van der Waals surface area contributed by atoms with Gasteiger partial charge in [0.2, 0.25) is 0 Å². The monoisotopic (exact) mass is 294 g/mol. The molecular formula is C18H27ClO. The van der Waals surface area contributed by atoms with E-state index in [0.717, 1.165) is 18.6 Å². The number of unbranched alkanes of at least 4 members (excludes halogenated alkanes) is 4. The summed E-state index contributed by atoms with van der Waals surface area (Å²) in [6.07, 6.45) is 8.57. The second kappa shape index (κ2) is 6.85. The Bertz CT molecular complexity index is 439. The van der Waals surface area contributed by atoms with E-state index in [1.165, 1.54) is 43.2 Å². The van der Waals surface area contributed by atoms with E-state index in [0.29, 0.717) is 0 Å². The lowest BCUT2D eigenvalue weighted by Crippen LogP contribution is -2.24. The van der Waals surface area contributed by atoms with Crippen LogP contribution < -0.4 is 4.74 Å². The van der Waals surface area contributed by atoms with Gasteiger partial charge in [0.1, 0.15) is 11.4 Å². The largest absolute Gasteiger partial charge is 0.487 e. The van der Waals surface area contributed by atoms with Crippen LogP contribution in [0.2, 0.25) is 0 Å². The van der Waals surface area contributed by atoms with Gasteiger partial charge in [-0.2, -0.15) is 0 Å². The molecule has 0 saturated heterocycles. The molecule has 1 nitrogen and oxygen atoms in total. The summed E-state index contributed by atoms with van der Waals surface area (Å²) in [7, 11) is 0. The Hall–Kier alpha value is -0.690. The first kappa shape index (κ1) is 15.7. The van der Waals surface area contributed by atoms with Crippen LogP contribution in [0.15, 0.2) is 18.2 Å². The van der Waals surface area contributed by atoms with Crippen LogP contribution in [0.25, 0.3) is 0 Å². The normalized spacial score (nSPS) is 17.6. The van der Waals surface area contributed by atoms with Crippen molar-refractivity contribution < 1.29 is 4.74 Å².